The molecule has 0 fully saturated rings. The number of hydrogen-bond acceptors (Lipinski definition) is 3. The Hall–Kier alpha value is -2.04. The van der Waals surface area contributed by atoms with E-state index in [-0.39, 0.29) is 30.4 Å². The van der Waals surface area contributed by atoms with E-state index in [0.717, 1.165) is 17.1 Å². The first kappa shape index (κ1) is 19.0. The highest BCUT2D eigenvalue weighted by Gasteiger charge is 2.15. The normalized spacial score (nSPS) is 12.7. The molecule has 0 aliphatic rings. The van der Waals surface area contributed by atoms with Crippen LogP contribution in [0.15, 0.2) is 54.6 Å². The van der Waals surface area contributed by atoms with Gasteiger partial charge in [-0.15, -0.1) is 12.4 Å². The largest absolute Gasteiger partial charge is 0.457 e. The second-order valence-electron chi connectivity index (χ2n) is 5.42. The van der Waals surface area contributed by atoms with Crippen molar-refractivity contribution < 1.29 is 9.53 Å². The van der Waals surface area contributed by atoms with Gasteiger partial charge in [0.05, 0.1) is 6.04 Å². The molecule has 5 heteroatoms. The topological polar surface area (TPSA) is 64.4 Å². The van der Waals surface area contributed by atoms with Crippen LogP contribution in [0.3, 0.4) is 0 Å². The predicted molar refractivity (Wildman–Crippen MR) is 95.0 cm³/mol. The second kappa shape index (κ2) is 9.18. The molecule has 0 aromatic heterocycles. The Morgan fingerprint density at radius 3 is 2.35 bits per heavy atom. The molecule has 23 heavy (non-hydrogen) atoms. The molecule has 2 aromatic carbocycles. The number of amides is 1. The van der Waals surface area contributed by atoms with E-state index in [4.69, 9.17) is 10.5 Å². The lowest BCUT2D eigenvalue weighted by Crippen LogP contribution is -2.31. The molecule has 1 amide bonds. The summed E-state index contributed by atoms with van der Waals surface area (Å²) in [5, 5.41) is 2.95. The molecule has 3 N–H and O–H groups in total. The molecule has 0 radical (unpaired) electrons. The van der Waals surface area contributed by atoms with Gasteiger partial charge in [-0.2, -0.15) is 0 Å². The summed E-state index contributed by atoms with van der Waals surface area (Å²) >= 11 is 0. The van der Waals surface area contributed by atoms with Gasteiger partial charge in [0.1, 0.15) is 11.5 Å². The van der Waals surface area contributed by atoms with Crippen molar-refractivity contribution in [1.82, 2.24) is 5.32 Å². The summed E-state index contributed by atoms with van der Waals surface area (Å²) in [5.74, 6) is 1.45. The average molecular weight is 335 g/mol. The molecule has 4 nitrogen and oxygen atoms in total. The number of benzene rings is 2. The van der Waals surface area contributed by atoms with Gasteiger partial charge < -0.3 is 15.8 Å². The maximum absolute atomic E-state index is 11.9. The maximum Gasteiger partial charge on any atom is 0.222 e. The Kier molecular flexibility index (Phi) is 7.59. The van der Waals surface area contributed by atoms with Crippen LogP contribution < -0.4 is 15.8 Å². The van der Waals surface area contributed by atoms with Crippen LogP contribution in [0.25, 0.3) is 0 Å². The highest BCUT2D eigenvalue weighted by atomic mass is 35.5. The summed E-state index contributed by atoms with van der Waals surface area (Å²) in [6, 6.07) is 17.0. The van der Waals surface area contributed by atoms with E-state index in [1.54, 1.807) is 0 Å². The van der Waals surface area contributed by atoms with Crippen molar-refractivity contribution >= 4 is 18.3 Å². The van der Waals surface area contributed by atoms with Crippen LogP contribution in [-0.4, -0.2) is 11.9 Å². The van der Waals surface area contributed by atoms with E-state index in [0.29, 0.717) is 6.42 Å². The van der Waals surface area contributed by atoms with E-state index in [1.165, 1.54) is 0 Å². The number of para-hydroxylation sites is 2. The molecule has 0 saturated carbocycles. The average Bonchev–Trinajstić information content (AvgIpc) is 2.47. The third kappa shape index (κ3) is 5.93. The molecule has 0 aliphatic heterocycles. The molecule has 0 spiro atoms. The van der Waals surface area contributed by atoms with Crippen LogP contribution in [0.5, 0.6) is 11.5 Å². The third-order valence-electron chi connectivity index (χ3n) is 3.24. The van der Waals surface area contributed by atoms with Crippen molar-refractivity contribution in [2.45, 2.75) is 32.4 Å². The Labute approximate surface area is 143 Å². The Morgan fingerprint density at radius 1 is 1.09 bits per heavy atom. The number of ether oxygens (including phenoxy) is 1. The minimum absolute atomic E-state index is 0. The summed E-state index contributed by atoms with van der Waals surface area (Å²) in [5.41, 5.74) is 6.59. The van der Waals surface area contributed by atoms with Crippen molar-refractivity contribution in [3.63, 3.8) is 0 Å². The maximum atomic E-state index is 11.9. The highest BCUT2D eigenvalue weighted by molar-refractivity contribution is 5.85. The quantitative estimate of drug-likeness (QED) is 0.844. The Bertz CT molecular complexity index is 617. The number of nitrogens with one attached hydrogen (secondary N) is 1. The van der Waals surface area contributed by atoms with Gasteiger partial charge in [0.15, 0.2) is 0 Å². The summed E-state index contributed by atoms with van der Waals surface area (Å²) < 4.78 is 5.92. The smallest absolute Gasteiger partial charge is 0.222 e. The van der Waals surface area contributed by atoms with Crippen molar-refractivity contribution in [2.75, 3.05) is 0 Å². The Balaban J connectivity index is 0.00000264. The van der Waals surface area contributed by atoms with Crippen molar-refractivity contribution in [1.29, 1.82) is 0 Å². The molecular formula is C18H23ClN2O2. The fourth-order valence-electron chi connectivity index (χ4n) is 2.22. The number of halogens is 1. The van der Waals surface area contributed by atoms with Gasteiger partial charge in [-0.3, -0.25) is 4.79 Å². The molecular weight excluding hydrogens is 312 g/mol. The standard InChI is InChI=1S/C18H22N2O2.ClH/c1-13(19)12-18(21)20-14(2)16-10-6-7-11-17(16)22-15-8-4-3-5-9-15;/h3-11,13-14H,12,19H2,1-2H3,(H,20,21);1H. The van der Waals surface area contributed by atoms with Crippen LogP contribution in [0.2, 0.25) is 0 Å². The molecule has 0 aliphatic carbocycles. The van der Waals surface area contributed by atoms with Crippen molar-refractivity contribution in [3.8, 4) is 11.5 Å². The number of nitrogens with two attached hydrogens (primary N) is 1. The van der Waals surface area contributed by atoms with Gasteiger partial charge in [0, 0.05) is 18.0 Å². The summed E-state index contributed by atoms with van der Waals surface area (Å²) in [6.07, 6.45) is 0.312. The fraction of sp³-hybridized carbons (Fsp3) is 0.278. The van der Waals surface area contributed by atoms with E-state index in [1.807, 2.05) is 68.4 Å². The molecule has 2 aromatic rings. The molecule has 2 atom stereocenters. The third-order valence-corrected chi connectivity index (χ3v) is 3.24. The van der Waals surface area contributed by atoms with Crippen LogP contribution in [0.4, 0.5) is 0 Å². The van der Waals surface area contributed by atoms with Gasteiger partial charge in [-0.05, 0) is 32.0 Å². The van der Waals surface area contributed by atoms with Gasteiger partial charge in [0.2, 0.25) is 5.91 Å². The van der Waals surface area contributed by atoms with Crippen LogP contribution in [0, 0.1) is 0 Å². The zero-order chi connectivity index (χ0) is 15.9. The molecule has 2 rings (SSSR count). The lowest BCUT2D eigenvalue weighted by molar-refractivity contribution is -0.122. The lowest BCUT2D eigenvalue weighted by atomic mass is 10.1. The predicted octanol–water partition coefficient (Wildman–Crippen LogP) is 3.82. The van der Waals surface area contributed by atoms with E-state index in [9.17, 15) is 4.79 Å². The minimum Gasteiger partial charge on any atom is -0.457 e. The van der Waals surface area contributed by atoms with Crippen LogP contribution in [-0.2, 0) is 4.79 Å². The summed E-state index contributed by atoms with van der Waals surface area (Å²) in [6.45, 7) is 3.75. The molecule has 124 valence electrons. The van der Waals surface area contributed by atoms with Gasteiger partial charge in [0.25, 0.3) is 0 Å². The van der Waals surface area contributed by atoms with Gasteiger partial charge >= 0.3 is 0 Å². The van der Waals surface area contributed by atoms with E-state index >= 15 is 0 Å². The Morgan fingerprint density at radius 2 is 1.70 bits per heavy atom. The number of rotatable bonds is 6. The minimum atomic E-state index is -0.150. The summed E-state index contributed by atoms with van der Waals surface area (Å²) in [7, 11) is 0. The van der Waals surface area contributed by atoms with Gasteiger partial charge in [-0.1, -0.05) is 36.4 Å². The molecule has 0 heterocycles. The molecule has 0 saturated heterocycles. The summed E-state index contributed by atoms with van der Waals surface area (Å²) in [4.78, 5) is 11.9. The second-order valence-corrected chi connectivity index (χ2v) is 5.42. The van der Waals surface area contributed by atoms with Crippen LogP contribution in [0.1, 0.15) is 31.9 Å². The zero-order valence-corrected chi connectivity index (χ0v) is 14.2. The van der Waals surface area contributed by atoms with Gasteiger partial charge in [-0.25, -0.2) is 0 Å². The first-order valence-corrected chi connectivity index (χ1v) is 7.43. The lowest BCUT2D eigenvalue weighted by Gasteiger charge is -2.18. The van der Waals surface area contributed by atoms with E-state index in [2.05, 4.69) is 5.32 Å². The van der Waals surface area contributed by atoms with E-state index < -0.39 is 0 Å². The zero-order valence-electron chi connectivity index (χ0n) is 13.4. The first-order valence-electron chi connectivity index (χ1n) is 7.43. The number of carbonyl (C=O) groups excluding carboxylic acids is 1. The van der Waals surface area contributed by atoms with Crippen molar-refractivity contribution in [3.05, 3.63) is 60.2 Å². The highest BCUT2D eigenvalue weighted by Crippen LogP contribution is 2.29. The fourth-order valence-corrected chi connectivity index (χ4v) is 2.22. The molecule has 0 bridgehead atoms. The number of carbonyl (C=O) groups is 1. The van der Waals surface area contributed by atoms with Crippen molar-refractivity contribution in [2.24, 2.45) is 5.73 Å². The molecule has 2 unspecified atom stereocenters. The monoisotopic (exact) mass is 334 g/mol. The SMILES string of the molecule is CC(N)CC(=O)NC(C)c1ccccc1Oc1ccccc1.Cl. The van der Waals surface area contributed by atoms with Crippen LogP contribution >= 0.6 is 12.4 Å². The first-order chi connectivity index (χ1) is 10.6. The number of hydrogen-bond donors (Lipinski definition) is 2.